The number of rotatable bonds is 5. The number of benzene rings is 3. The lowest BCUT2D eigenvalue weighted by Gasteiger charge is -2.39. The molecule has 4 aliphatic rings. The van der Waals surface area contributed by atoms with Crippen molar-refractivity contribution < 1.29 is 4.74 Å². The second kappa shape index (κ2) is 11.5. The van der Waals surface area contributed by atoms with Crippen LogP contribution in [0.3, 0.4) is 0 Å². The van der Waals surface area contributed by atoms with E-state index in [1.807, 2.05) is 48.6 Å². The van der Waals surface area contributed by atoms with Crippen molar-refractivity contribution in [1.82, 2.24) is 4.90 Å². The smallest absolute Gasteiger partial charge is 0.134 e. The Morgan fingerprint density at radius 2 is 1.64 bits per heavy atom. The molecule has 0 amide bonds. The second-order valence-electron chi connectivity index (χ2n) is 10.8. The summed E-state index contributed by atoms with van der Waals surface area (Å²) in [5.41, 5.74) is 12.9. The van der Waals surface area contributed by atoms with E-state index in [-0.39, 0.29) is 0 Å². The number of anilines is 2. The van der Waals surface area contributed by atoms with Crippen LogP contribution in [-0.2, 0) is 0 Å². The Kier molecular flexibility index (Phi) is 7.05. The van der Waals surface area contributed by atoms with Crippen molar-refractivity contribution in [2.24, 2.45) is 0 Å². The van der Waals surface area contributed by atoms with Crippen LogP contribution >= 0.6 is 0 Å². The monoisotopic (exact) mass is 568 g/mol. The van der Waals surface area contributed by atoms with Crippen LogP contribution in [0.2, 0.25) is 0 Å². The van der Waals surface area contributed by atoms with Crippen molar-refractivity contribution in [3.05, 3.63) is 205 Å². The van der Waals surface area contributed by atoms with E-state index in [2.05, 4.69) is 115 Å². The Morgan fingerprint density at radius 3 is 2.50 bits per heavy atom. The van der Waals surface area contributed by atoms with Gasteiger partial charge in [0.05, 0.1) is 17.6 Å². The summed E-state index contributed by atoms with van der Waals surface area (Å²) >= 11 is 0. The lowest BCUT2D eigenvalue weighted by atomic mass is 9.90. The fourth-order valence-corrected chi connectivity index (χ4v) is 6.00. The van der Waals surface area contributed by atoms with Gasteiger partial charge in [-0.05, 0) is 89.4 Å². The summed E-state index contributed by atoms with van der Waals surface area (Å²) in [7, 11) is 0. The highest BCUT2D eigenvalue weighted by molar-refractivity contribution is 6.04. The second-order valence-corrected chi connectivity index (χ2v) is 10.8. The van der Waals surface area contributed by atoms with Crippen LogP contribution in [-0.4, -0.2) is 4.90 Å². The Labute approximate surface area is 259 Å². The summed E-state index contributed by atoms with van der Waals surface area (Å²) in [5, 5.41) is 0. The summed E-state index contributed by atoms with van der Waals surface area (Å²) < 4.78 is 6.00. The van der Waals surface area contributed by atoms with Gasteiger partial charge >= 0.3 is 0 Å². The molecule has 7 rings (SSSR count). The SMILES string of the molecule is C=C/C=C\C=C1\c2cc(C3=C/C(=C)C4=CCC=C4N(C4=C/C(=C)c5ccccc5O/C=C\4)/C=C\3)ccc2N1c1ccccc1. The van der Waals surface area contributed by atoms with Crippen molar-refractivity contribution in [3.63, 3.8) is 0 Å². The zero-order valence-corrected chi connectivity index (χ0v) is 24.5. The predicted octanol–water partition coefficient (Wildman–Crippen LogP) is 10.4. The minimum Gasteiger partial charge on any atom is -0.464 e. The first-order chi connectivity index (χ1) is 21.6. The lowest BCUT2D eigenvalue weighted by Crippen LogP contribution is -2.26. The molecule has 0 atom stereocenters. The average molecular weight is 569 g/mol. The topological polar surface area (TPSA) is 15.7 Å². The van der Waals surface area contributed by atoms with E-state index in [1.54, 1.807) is 12.3 Å². The molecule has 0 saturated carbocycles. The van der Waals surface area contributed by atoms with Gasteiger partial charge in [-0.15, -0.1) is 0 Å². The first-order valence-electron chi connectivity index (χ1n) is 14.7. The summed E-state index contributed by atoms with van der Waals surface area (Å²) in [6.45, 7) is 12.7. The van der Waals surface area contributed by atoms with Crippen molar-refractivity contribution in [2.75, 3.05) is 4.90 Å². The van der Waals surface area contributed by atoms with E-state index < -0.39 is 0 Å². The fraction of sp³-hybridized carbons (Fsp3) is 0.0244. The molecule has 44 heavy (non-hydrogen) atoms. The van der Waals surface area contributed by atoms with Crippen molar-refractivity contribution in [2.45, 2.75) is 6.42 Å². The Hall–Kier alpha value is -5.80. The fourth-order valence-electron chi connectivity index (χ4n) is 6.00. The van der Waals surface area contributed by atoms with Gasteiger partial charge in [0.1, 0.15) is 5.75 Å². The minimum absolute atomic E-state index is 0.798. The molecule has 0 saturated heterocycles. The molecule has 1 aliphatic carbocycles. The molecule has 0 aromatic heterocycles. The largest absolute Gasteiger partial charge is 0.464 e. The van der Waals surface area contributed by atoms with Crippen LogP contribution < -0.4 is 9.64 Å². The van der Waals surface area contributed by atoms with Gasteiger partial charge in [-0.1, -0.05) is 92.6 Å². The summed E-state index contributed by atoms with van der Waals surface area (Å²) in [6.07, 6.45) is 25.6. The van der Waals surface area contributed by atoms with Crippen LogP contribution in [0.1, 0.15) is 23.1 Å². The summed E-state index contributed by atoms with van der Waals surface area (Å²) in [5.74, 6) is 0.798. The zero-order chi connectivity index (χ0) is 30.0. The molecule has 3 aromatic carbocycles. The van der Waals surface area contributed by atoms with Gasteiger partial charge < -0.3 is 14.5 Å². The third-order valence-corrected chi connectivity index (χ3v) is 8.12. The van der Waals surface area contributed by atoms with Gasteiger partial charge in [0, 0.05) is 40.0 Å². The van der Waals surface area contributed by atoms with Crippen LogP contribution in [0.5, 0.6) is 5.75 Å². The quantitative estimate of drug-likeness (QED) is 0.285. The third kappa shape index (κ3) is 4.85. The number of hydrogen-bond donors (Lipinski definition) is 0. The Balaban J connectivity index is 1.28. The van der Waals surface area contributed by atoms with Crippen molar-refractivity contribution in [1.29, 1.82) is 0 Å². The van der Waals surface area contributed by atoms with E-state index in [0.717, 1.165) is 68.4 Å². The van der Waals surface area contributed by atoms with Crippen LogP contribution in [0.15, 0.2) is 188 Å². The predicted molar refractivity (Wildman–Crippen MR) is 185 cm³/mol. The molecule has 3 heterocycles. The molecule has 0 unspecified atom stereocenters. The number of ether oxygens (including phenoxy) is 1. The number of para-hydroxylation sites is 2. The van der Waals surface area contributed by atoms with Crippen LogP contribution in [0, 0.1) is 0 Å². The van der Waals surface area contributed by atoms with E-state index in [1.165, 1.54) is 11.3 Å². The highest BCUT2D eigenvalue weighted by Crippen LogP contribution is 2.49. The molecule has 0 fully saturated rings. The number of fused-ring (bicyclic) bond motifs is 3. The van der Waals surface area contributed by atoms with E-state index >= 15 is 0 Å². The third-order valence-electron chi connectivity index (χ3n) is 8.12. The molecular formula is C41H32N2O. The Bertz CT molecular complexity index is 1960. The number of allylic oxidation sites excluding steroid dienone is 13. The normalized spacial score (nSPS) is 21.9. The molecule has 3 heteroatoms. The number of hydrogen-bond acceptors (Lipinski definition) is 3. The van der Waals surface area contributed by atoms with E-state index in [4.69, 9.17) is 4.74 Å². The number of nitrogens with zero attached hydrogens (tertiary/aromatic N) is 2. The minimum atomic E-state index is 0.798. The molecule has 0 spiro atoms. The Morgan fingerprint density at radius 1 is 0.795 bits per heavy atom. The molecular weight excluding hydrogens is 536 g/mol. The first-order valence-corrected chi connectivity index (χ1v) is 14.7. The van der Waals surface area contributed by atoms with Gasteiger partial charge in [0.15, 0.2) is 0 Å². The maximum Gasteiger partial charge on any atom is 0.134 e. The lowest BCUT2D eigenvalue weighted by molar-refractivity contribution is 0.475. The molecule has 0 N–H and O–H groups in total. The molecule has 3 aromatic rings. The average Bonchev–Trinajstić information content (AvgIpc) is 3.51. The van der Waals surface area contributed by atoms with Gasteiger partial charge in [-0.25, -0.2) is 0 Å². The summed E-state index contributed by atoms with van der Waals surface area (Å²) in [4.78, 5) is 4.50. The van der Waals surface area contributed by atoms with Crippen molar-refractivity contribution in [3.8, 4) is 5.75 Å². The van der Waals surface area contributed by atoms with Gasteiger partial charge in [-0.2, -0.15) is 0 Å². The molecule has 212 valence electrons. The van der Waals surface area contributed by atoms with E-state index in [0.29, 0.717) is 0 Å². The maximum absolute atomic E-state index is 6.00. The highest BCUT2D eigenvalue weighted by atomic mass is 16.5. The highest BCUT2D eigenvalue weighted by Gasteiger charge is 2.30. The molecule has 0 radical (unpaired) electrons. The summed E-state index contributed by atoms with van der Waals surface area (Å²) in [6, 6.07) is 25.1. The van der Waals surface area contributed by atoms with Crippen LogP contribution in [0.4, 0.5) is 11.4 Å². The van der Waals surface area contributed by atoms with Gasteiger partial charge in [0.2, 0.25) is 0 Å². The molecule has 0 bridgehead atoms. The van der Waals surface area contributed by atoms with Gasteiger partial charge in [-0.3, -0.25) is 0 Å². The van der Waals surface area contributed by atoms with Crippen molar-refractivity contribution >= 4 is 28.2 Å². The van der Waals surface area contributed by atoms with E-state index in [9.17, 15) is 0 Å². The zero-order valence-electron chi connectivity index (χ0n) is 24.5. The maximum atomic E-state index is 6.00. The molecule has 3 nitrogen and oxygen atoms in total. The first kappa shape index (κ1) is 27.1. The standard InChI is InChI=1S/C41H32N2O/c1-4-5-7-17-39-37-28-31(20-21-40(37)43(39)33-13-8-6-9-14-33)32-22-24-42(38-18-12-16-35(38)29(2)26-32)34-23-25-44-41-19-11-10-15-36(41)30(3)27-34/h4-11,13-28H,1-3,12H2/b7-5-,24-22-,25-23-,32-26+,34-27+,39-17-. The van der Waals surface area contributed by atoms with Crippen LogP contribution in [0.25, 0.3) is 16.8 Å². The van der Waals surface area contributed by atoms with Gasteiger partial charge in [0.25, 0.3) is 0 Å². The molecule has 3 aliphatic heterocycles.